The normalized spacial score (nSPS) is 14.8. The number of carbonyl (C=O) groups excluding carboxylic acids is 2. The van der Waals surface area contributed by atoms with E-state index < -0.39 is 22.1 Å². The highest BCUT2D eigenvalue weighted by Gasteiger charge is 2.37. The molecule has 0 spiro atoms. The zero-order valence-electron chi connectivity index (χ0n) is 14.3. The average molecular weight is 378 g/mol. The molecule has 10 nitrogen and oxygen atoms in total. The van der Waals surface area contributed by atoms with Gasteiger partial charge in [-0.2, -0.15) is 5.10 Å². The minimum Gasteiger partial charge on any atom is -0.333 e. The minimum absolute atomic E-state index is 0.0232. The SMILES string of the molecule is Cn1nccc1-c1ccc(CNC(=O)N2CCN(S(C)(=O)=O)C2=O)cn1. The van der Waals surface area contributed by atoms with E-state index in [1.165, 1.54) is 0 Å². The number of carbonyl (C=O) groups is 2. The highest BCUT2D eigenvalue weighted by molar-refractivity contribution is 7.88. The Kier molecular flexibility index (Phi) is 4.64. The van der Waals surface area contributed by atoms with Crippen LogP contribution in [0.2, 0.25) is 0 Å². The number of hydrogen-bond donors (Lipinski definition) is 1. The molecule has 0 saturated carbocycles. The Morgan fingerprint density at radius 1 is 1.27 bits per heavy atom. The van der Waals surface area contributed by atoms with Gasteiger partial charge in [0.25, 0.3) is 0 Å². The van der Waals surface area contributed by atoms with Gasteiger partial charge in [-0.05, 0) is 17.7 Å². The number of aromatic nitrogens is 3. The average Bonchev–Trinajstić information content (AvgIpc) is 3.18. The number of hydrogen-bond acceptors (Lipinski definition) is 6. The summed E-state index contributed by atoms with van der Waals surface area (Å²) in [5.74, 6) is 0. The van der Waals surface area contributed by atoms with Crippen LogP contribution in [0.1, 0.15) is 5.56 Å². The van der Waals surface area contributed by atoms with Crippen LogP contribution >= 0.6 is 0 Å². The molecular weight excluding hydrogens is 360 g/mol. The van der Waals surface area contributed by atoms with Crippen molar-refractivity contribution in [2.24, 2.45) is 7.05 Å². The predicted octanol–water partition coefficient (Wildman–Crippen LogP) is 0.389. The van der Waals surface area contributed by atoms with Gasteiger partial charge in [0.1, 0.15) is 0 Å². The van der Waals surface area contributed by atoms with Gasteiger partial charge in [-0.3, -0.25) is 9.67 Å². The molecule has 0 aliphatic carbocycles. The van der Waals surface area contributed by atoms with E-state index in [2.05, 4.69) is 15.4 Å². The number of sulfonamides is 1. The van der Waals surface area contributed by atoms with Gasteiger partial charge in [0, 0.05) is 26.0 Å². The van der Waals surface area contributed by atoms with E-state index >= 15 is 0 Å². The smallest absolute Gasteiger partial charge is 0.333 e. The molecule has 11 heteroatoms. The lowest BCUT2D eigenvalue weighted by atomic mass is 10.2. The third-order valence-corrected chi connectivity index (χ3v) is 5.11. The van der Waals surface area contributed by atoms with Crippen molar-refractivity contribution in [2.45, 2.75) is 6.54 Å². The van der Waals surface area contributed by atoms with E-state index in [0.29, 0.717) is 4.31 Å². The fourth-order valence-corrected chi connectivity index (χ4v) is 3.39. The molecule has 2 aromatic heterocycles. The lowest BCUT2D eigenvalue weighted by Gasteiger charge is -2.16. The van der Waals surface area contributed by atoms with Crippen LogP contribution in [-0.2, 0) is 23.6 Å². The number of urea groups is 2. The van der Waals surface area contributed by atoms with Crippen molar-refractivity contribution in [2.75, 3.05) is 19.3 Å². The maximum atomic E-state index is 12.1. The molecule has 1 aliphatic heterocycles. The van der Waals surface area contributed by atoms with Gasteiger partial charge in [-0.25, -0.2) is 27.2 Å². The van der Waals surface area contributed by atoms with Crippen molar-refractivity contribution in [1.82, 2.24) is 29.3 Å². The summed E-state index contributed by atoms with van der Waals surface area (Å²) in [6.07, 6.45) is 4.23. The first-order valence-corrected chi connectivity index (χ1v) is 9.62. The summed E-state index contributed by atoms with van der Waals surface area (Å²) < 4.78 is 25.3. The Morgan fingerprint density at radius 2 is 2.04 bits per heavy atom. The van der Waals surface area contributed by atoms with Crippen molar-refractivity contribution in [3.8, 4) is 11.4 Å². The van der Waals surface area contributed by atoms with Gasteiger partial charge in [0.15, 0.2) is 0 Å². The predicted molar refractivity (Wildman–Crippen MR) is 92.3 cm³/mol. The zero-order valence-corrected chi connectivity index (χ0v) is 15.1. The molecular formula is C15H18N6O4S. The topological polar surface area (TPSA) is 117 Å². The summed E-state index contributed by atoms with van der Waals surface area (Å²) in [4.78, 5) is 29.4. The van der Waals surface area contributed by atoms with Crippen LogP contribution in [0.4, 0.5) is 9.59 Å². The van der Waals surface area contributed by atoms with Crippen LogP contribution in [0.3, 0.4) is 0 Å². The zero-order chi connectivity index (χ0) is 18.9. The van der Waals surface area contributed by atoms with E-state index in [4.69, 9.17) is 0 Å². The summed E-state index contributed by atoms with van der Waals surface area (Å²) in [5, 5.41) is 6.68. The number of pyridine rings is 1. The van der Waals surface area contributed by atoms with Gasteiger partial charge < -0.3 is 5.32 Å². The molecule has 3 heterocycles. The molecule has 0 unspecified atom stereocenters. The molecule has 138 valence electrons. The summed E-state index contributed by atoms with van der Waals surface area (Å²) >= 11 is 0. The van der Waals surface area contributed by atoms with Gasteiger partial charge in [-0.1, -0.05) is 6.07 Å². The monoisotopic (exact) mass is 378 g/mol. The molecule has 0 bridgehead atoms. The van der Waals surface area contributed by atoms with Crippen LogP contribution in [0.25, 0.3) is 11.4 Å². The number of nitrogens with zero attached hydrogens (tertiary/aromatic N) is 5. The molecule has 26 heavy (non-hydrogen) atoms. The van der Waals surface area contributed by atoms with Gasteiger partial charge >= 0.3 is 12.1 Å². The molecule has 0 aromatic carbocycles. The second kappa shape index (κ2) is 6.75. The highest BCUT2D eigenvalue weighted by atomic mass is 32.2. The third-order valence-electron chi connectivity index (χ3n) is 3.97. The number of aryl methyl sites for hydroxylation is 1. The summed E-state index contributed by atoms with van der Waals surface area (Å²) in [7, 11) is -1.85. The lowest BCUT2D eigenvalue weighted by molar-refractivity contribution is 0.193. The van der Waals surface area contributed by atoms with E-state index in [1.807, 2.05) is 25.2 Å². The number of amides is 4. The Bertz CT molecular complexity index is 937. The molecule has 1 fully saturated rings. The molecule has 1 N–H and O–H groups in total. The second-order valence-electron chi connectivity index (χ2n) is 5.82. The summed E-state index contributed by atoms with van der Waals surface area (Å²) in [6, 6.07) is 3.98. The second-order valence-corrected chi connectivity index (χ2v) is 7.73. The van der Waals surface area contributed by atoms with Gasteiger partial charge in [0.2, 0.25) is 10.0 Å². The van der Waals surface area contributed by atoms with Gasteiger partial charge in [0.05, 0.1) is 30.7 Å². The Balaban J connectivity index is 1.60. The number of rotatable bonds is 4. The first kappa shape index (κ1) is 17.9. The van der Waals surface area contributed by atoms with Crippen molar-refractivity contribution < 1.29 is 18.0 Å². The maximum Gasteiger partial charge on any atom is 0.341 e. The van der Waals surface area contributed by atoms with Crippen molar-refractivity contribution in [1.29, 1.82) is 0 Å². The van der Waals surface area contributed by atoms with Crippen LogP contribution < -0.4 is 5.32 Å². The van der Waals surface area contributed by atoms with E-state index in [-0.39, 0.29) is 19.6 Å². The van der Waals surface area contributed by atoms with Crippen LogP contribution in [0.5, 0.6) is 0 Å². The molecule has 1 saturated heterocycles. The fourth-order valence-electron chi connectivity index (χ4n) is 2.59. The van der Waals surface area contributed by atoms with Crippen molar-refractivity contribution in [3.63, 3.8) is 0 Å². The molecule has 4 amide bonds. The molecule has 2 aromatic rings. The number of imide groups is 1. The minimum atomic E-state index is -3.67. The first-order valence-electron chi connectivity index (χ1n) is 7.77. The van der Waals surface area contributed by atoms with Crippen LogP contribution in [0.15, 0.2) is 30.6 Å². The van der Waals surface area contributed by atoms with Gasteiger partial charge in [-0.15, -0.1) is 0 Å². The Hall–Kier alpha value is -2.95. The fraction of sp³-hybridized carbons (Fsp3) is 0.333. The third kappa shape index (κ3) is 3.52. The largest absolute Gasteiger partial charge is 0.341 e. The van der Waals surface area contributed by atoms with Crippen molar-refractivity contribution >= 4 is 22.1 Å². The van der Waals surface area contributed by atoms with E-state index in [9.17, 15) is 18.0 Å². The van der Waals surface area contributed by atoms with E-state index in [0.717, 1.165) is 28.1 Å². The highest BCUT2D eigenvalue weighted by Crippen LogP contribution is 2.16. The lowest BCUT2D eigenvalue weighted by Crippen LogP contribution is -2.43. The Morgan fingerprint density at radius 3 is 2.58 bits per heavy atom. The number of nitrogens with one attached hydrogen (secondary N) is 1. The summed E-state index contributed by atoms with van der Waals surface area (Å²) in [5.41, 5.74) is 2.36. The van der Waals surface area contributed by atoms with E-state index in [1.54, 1.807) is 17.1 Å². The van der Waals surface area contributed by atoms with Crippen LogP contribution in [0, 0.1) is 0 Å². The molecule has 0 atom stereocenters. The maximum absolute atomic E-state index is 12.1. The van der Waals surface area contributed by atoms with Crippen LogP contribution in [-0.4, -0.2) is 63.8 Å². The molecule has 0 radical (unpaired) electrons. The molecule has 3 rings (SSSR count). The van der Waals surface area contributed by atoms with Crippen molar-refractivity contribution in [3.05, 3.63) is 36.2 Å². The first-order chi connectivity index (χ1) is 12.3. The Labute approximate surface area is 150 Å². The quantitative estimate of drug-likeness (QED) is 0.822. The standard InChI is InChI=1S/C15H18N6O4S/c1-19-13(5-6-18-19)12-4-3-11(9-16-12)10-17-14(22)20-7-8-21(15(20)23)26(2,24)25/h3-6,9H,7-8,10H2,1-2H3,(H,17,22). The summed E-state index contributed by atoms with van der Waals surface area (Å²) in [6.45, 7) is 0.154. The molecule has 1 aliphatic rings.